The highest BCUT2D eigenvalue weighted by Gasteiger charge is 2.27. The Morgan fingerprint density at radius 2 is 1.80 bits per heavy atom. The molecule has 0 saturated heterocycles. The maximum Gasteiger partial charge on any atom is 0.328 e. The summed E-state index contributed by atoms with van der Waals surface area (Å²) in [5, 5.41) is 22.4. The molecule has 0 aromatic heterocycles. The zero-order chi connectivity index (χ0) is 16.1. The summed E-state index contributed by atoms with van der Waals surface area (Å²) in [7, 11) is -3.44. The maximum atomic E-state index is 11.5. The Labute approximate surface area is 117 Å². The van der Waals surface area contributed by atoms with Gasteiger partial charge in [-0.25, -0.2) is 22.7 Å². The lowest BCUT2D eigenvalue weighted by molar-refractivity contribution is -0.141. The fourth-order valence-corrected chi connectivity index (χ4v) is 2.50. The van der Waals surface area contributed by atoms with Crippen molar-refractivity contribution in [3.05, 3.63) is 0 Å². The van der Waals surface area contributed by atoms with Crippen LogP contribution in [0.15, 0.2) is 0 Å². The van der Waals surface area contributed by atoms with Crippen LogP contribution in [-0.4, -0.2) is 61.1 Å². The van der Waals surface area contributed by atoms with E-state index in [0.29, 0.717) is 0 Å². The van der Waals surface area contributed by atoms with Crippen LogP contribution < -0.4 is 15.4 Å². The number of nitrogens with one attached hydrogen (secondary N) is 3. The molecule has 0 heterocycles. The van der Waals surface area contributed by atoms with Gasteiger partial charge in [0.2, 0.25) is 10.0 Å². The Balaban J connectivity index is 4.45. The molecule has 0 unspecified atom stereocenters. The van der Waals surface area contributed by atoms with Crippen molar-refractivity contribution < 1.29 is 28.2 Å². The molecule has 0 aromatic carbocycles. The summed E-state index contributed by atoms with van der Waals surface area (Å²) in [5.41, 5.74) is -0.936. The molecule has 0 aromatic rings. The van der Waals surface area contributed by atoms with E-state index in [1.807, 2.05) is 0 Å². The lowest BCUT2D eigenvalue weighted by Gasteiger charge is -2.26. The molecular formula is C10H21N3O6S. The smallest absolute Gasteiger partial charge is 0.328 e. The van der Waals surface area contributed by atoms with Gasteiger partial charge in [-0.2, -0.15) is 0 Å². The first-order valence-corrected chi connectivity index (χ1v) is 7.67. The quantitative estimate of drug-likeness (QED) is 0.385. The normalized spacial score (nSPS) is 15.2. The minimum absolute atomic E-state index is 0.0575. The van der Waals surface area contributed by atoms with Gasteiger partial charge in [-0.1, -0.05) is 0 Å². The fourth-order valence-electron chi connectivity index (χ4n) is 1.42. The highest BCUT2D eigenvalue weighted by molar-refractivity contribution is 7.88. The molecule has 2 atom stereocenters. The predicted octanol–water partition coefficient (Wildman–Crippen LogP) is -1.55. The van der Waals surface area contributed by atoms with Gasteiger partial charge in [0.1, 0.15) is 0 Å². The van der Waals surface area contributed by atoms with Crippen LogP contribution in [0.4, 0.5) is 4.79 Å². The summed E-state index contributed by atoms with van der Waals surface area (Å²) in [6.45, 7) is 4.28. The molecule has 0 spiro atoms. The molecule has 0 rings (SSSR count). The highest BCUT2D eigenvalue weighted by atomic mass is 32.2. The molecule has 0 bridgehead atoms. The number of aliphatic hydroxyl groups excluding tert-OH is 1. The molecule has 118 valence electrons. The Hall–Kier alpha value is -1.39. The van der Waals surface area contributed by atoms with Crippen LogP contribution in [0, 0.1) is 0 Å². The van der Waals surface area contributed by atoms with Crippen LogP contribution in [0.3, 0.4) is 0 Å². The average Bonchev–Trinajstić information content (AvgIpc) is 2.18. The van der Waals surface area contributed by atoms with Crippen molar-refractivity contribution in [2.45, 2.75) is 38.5 Å². The van der Waals surface area contributed by atoms with Gasteiger partial charge in [-0.3, -0.25) is 0 Å². The summed E-state index contributed by atoms with van der Waals surface area (Å²) < 4.78 is 24.5. The number of aliphatic carboxylic acids is 1. The number of rotatable bonds is 7. The van der Waals surface area contributed by atoms with Gasteiger partial charge in [0, 0.05) is 12.1 Å². The number of carboxylic acid groups (broad SMARTS) is 1. The van der Waals surface area contributed by atoms with E-state index in [1.165, 1.54) is 6.92 Å². The summed E-state index contributed by atoms with van der Waals surface area (Å²) in [6.07, 6.45) is -0.275. The van der Waals surface area contributed by atoms with Crippen molar-refractivity contribution in [2.75, 3.05) is 12.8 Å². The van der Waals surface area contributed by atoms with Gasteiger partial charge in [-0.05, 0) is 20.8 Å². The van der Waals surface area contributed by atoms with E-state index in [4.69, 9.17) is 5.11 Å². The second kappa shape index (κ2) is 6.86. The van der Waals surface area contributed by atoms with Crippen molar-refractivity contribution in [1.82, 2.24) is 15.4 Å². The van der Waals surface area contributed by atoms with E-state index in [-0.39, 0.29) is 6.54 Å². The number of urea groups is 1. The Morgan fingerprint density at radius 3 is 2.15 bits per heavy atom. The maximum absolute atomic E-state index is 11.5. The first kappa shape index (κ1) is 18.6. The molecule has 2 amide bonds. The largest absolute Gasteiger partial charge is 0.480 e. The number of carboxylic acids is 1. The first-order valence-electron chi connectivity index (χ1n) is 5.78. The van der Waals surface area contributed by atoms with Gasteiger partial charge in [0.15, 0.2) is 6.04 Å². The molecule has 0 fully saturated rings. The van der Waals surface area contributed by atoms with Crippen LogP contribution >= 0.6 is 0 Å². The first-order chi connectivity index (χ1) is 8.84. The fraction of sp³-hybridized carbons (Fsp3) is 0.800. The number of hydrogen-bond acceptors (Lipinski definition) is 5. The second-order valence-electron chi connectivity index (χ2n) is 5.14. The zero-order valence-corrected chi connectivity index (χ0v) is 12.6. The topological polar surface area (TPSA) is 145 Å². The molecule has 0 aliphatic carbocycles. The van der Waals surface area contributed by atoms with Gasteiger partial charge < -0.3 is 20.8 Å². The van der Waals surface area contributed by atoms with Gasteiger partial charge in [0.05, 0.1) is 12.4 Å². The van der Waals surface area contributed by atoms with E-state index in [1.54, 1.807) is 13.8 Å². The minimum Gasteiger partial charge on any atom is -0.480 e. The lowest BCUT2D eigenvalue weighted by Crippen LogP contribution is -2.56. The zero-order valence-electron chi connectivity index (χ0n) is 11.8. The molecule has 0 aliphatic rings. The Kier molecular flexibility index (Phi) is 6.38. The Morgan fingerprint density at radius 1 is 1.30 bits per heavy atom. The number of sulfonamides is 1. The van der Waals surface area contributed by atoms with E-state index in [9.17, 15) is 23.1 Å². The third-order valence-corrected chi connectivity index (χ3v) is 3.11. The molecule has 5 N–H and O–H groups in total. The SMILES string of the molecule is C[C@@H](O)[C@H](NC(=O)NCC(C)(C)NS(C)(=O)=O)C(=O)O. The van der Waals surface area contributed by atoms with E-state index in [2.05, 4.69) is 15.4 Å². The monoisotopic (exact) mass is 311 g/mol. The molecule has 9 nitrogen and oxygen atoms in total. The second-order valence-corrected chi connectivity index (χ2v) is 6.89. The van der Waals surface area contributed by atoms with Gasteiger partial charge in [0.25, 0.3) is 0 Å². The van der Waals surface area contributed by atoms with Gasteiger partial charge >= 0.3 is 12.0 Å². The number of amides is 2. The summed E-state index contributed by atoms with van der Waals surface area (Å²) in [6, 6.07) is -2.26. The highest BCUT2D eigenvalue weighted by Crippen LogP contribution is 2.02. The summed E-state index contributed by atoms with van der Waals surface area (Å²) in [5.74, 6) is -1.37. The Bertz CT molecular complexity index is 460. The molecule has 20 heavy (non-hydrogen) atoms. The number of carbonyl (C=O) groups excluding carboxylic acids is 1. The van der Waals surface area contributed by atoms with Crippen LogP contribution in [0.5, 0.6) is 0 Å². The van der Waals surface area contributed by atoms with Crippen molar-refractivity contribution in [2.24, 2.45) is 0 Å². The molecule has 0 aliphatic heterocycles. The third-order valence-electron chi connectivity index (χ3n) is 2.19. The van der Waals surface area contributed by atoms with Crippen molar-refractivity contribution in [1.29, 1.82) is 0 Å². The van der Waals surface area contributed by atoms with Crippen molar-refractivity contribution in [3.8, 4) is 0 Å². The van der Waals surface area contributed by atoms with E-state index >= 15 is 0 Å². The average molecular weight is 311 g/mol. The molecule has 0 saturated carbocycles. The number of hydrogen-bond donors (Lipinski definition) is 5. The molecule has 10 heteroatoms. The van der Waals surface area contributed by atoms with Gasteiger partial charge in [-0.15, -0.1) is 0 Å². The van der Waals surface area contributed by atoms with Crippen LogP contribution in [-0.2, 0) is 14.8 Å². The lowest BCUT2D eigenvalue weighted by atomic mass is 10.1. The van der Waals surface area contributed by atoms with Crippen LogP contribution in [0.1, 0.15) is 20.8 Å². The van der Waals surface area contributed by atoms with Crippen LogP contribution in [0.2, 0.25) is 0 Å². The van der Waals surface area contributed by atoms with E-state index in [0.717, 1.165) is 6.26 Å². The van der Waals surface area contributed by atoms with E-state index < -0.39 is 39.7 Å². The number of carbonyl (C=O) groups is 2. The summed E-state index contributed by atoms with van der Waals surface area (Å²) in [4.78, 5) is 22.3. The van der Waals surface area contributed by atoms with Crippen molar-refractivity contribution >= 4 is 22.0 Å². The van der Waals surface area contributed by atoms with Crippen molar-refractivity contribution in [3.63, 3.8) is 0 Å². The number of aliphatic hydroxyl groups is 1. The van der Waals surface area contributed by atoms with Crippen LogP contribution in [0.25, 0.3) is 0 Å². The third kappa shape index (κ3) is 7.92. The minimum atomic E-state index is -3.44. The molecular weight excluding hydrogens is 290 g/mol. The standard InChI is InChI=1S/C10H21N3O6S/c1-6(14)7(8(15)16)12-9(17)11-5-10(2,3)13-20(4,18)19/h6-7,13-14H,5H2,1-4H3,(H,15,16)(H2,11,12,17)/t6-,7+/m1/s1. The molecule has 0 radical (unpaired) electrons. The predicted molar refractivity (Wildman–Crippen MR) is 71.7 cm³/mol. The summed E-state index contributed by atoms with van der Waals surface area (Å²) >= 11 is 0.